The number of alkyl halides is 3. The van der Waals surface area contributed by atoms with Gasteiger partial charge in [-0.2, -0.15) is 18.4 Å². The Morgan fingerprint density at radius 2 is 1.73 bits per heavy atom. The maximum atomic E-state index is 13.0. The first-order valence-corrected chi connectivity index (χ1v) is 9.74. The zero-order valence-electron chi connectivity index (χ0n) is 16.5. The van der Waals surface area contributed by atoms with Gasteiger partial charge in [0.1, 0.15) is 17.6 Å². The summed E-state index contributed by atoms with van der Waals surface area (Å²) < 4.78 is 44.8. The van der Waals surface area contributed by atoms with Crippen LogP contribution < -0.4 is 10.1 Å². The number of carbonyl (C=O) groups is 1. The average Bonchev–Trinajstić information content (AvgIpc) is 2.79. The number of halogens is 4. The molecule has 0 unspecified atom stereocenters. The van der Waals surface area contributed by atoms with Gasteiger partial charge in [0.05, 0.1) is 27.8 Å². The van der Waals surface area contributed by atoms with Gasteiger partial charge in [0, 0.05) is 17.3 Å². The van der Waals surface area contributed by atoms with E-state index in [4.69, 9.17) is 21.6 Å². The second kappa shape index (κ2) is 8.76. The molecule has 6 nitrogen and oxygen atoms in total. The molecule has 1 aromatic heterocycles. The minimum Gasteiger partial charge on any atom is -0.457 e. The molecule has 164 valence electrons. The number of nitrogens with zero attached hydrogens (tertiary/aromatic N) is 3. The molecule has 1 heterocycles. The van der Waals surface area contributed by atoms with E-state index < -0.39 is 22.7 Å². The van der Waals surface area contributed by atoms with Gasteiger partial charge in [0.2, 0.25) is 0 Å². The number of carbonyl (C=O) groups excluding carboxylic acids is 1. The number of ether oxygens (including phenoxy) is 1. The fraction of sp³-hybridized carbons (Fsp3) is 0.0435. The minimum atomic E-state index is -4.67. The van der Waals surface area contributed by atoms with Gasteiger partial charge < -0.3 is 10.1 Å². The standard InChI is InChI=1S/C23H12ClF3N4O2/c24-19-7-1-13(9-18(19)23(25,26)27)22(32)31-14-2-4-16(5-3-14)33-17-6-8-20-21(10-17)30-15(11-28)12-29-20/h1-10,12H,(H,31,32). The highest BCUT2D eigenvalue weighted by Crippen LogP contribution is 2.35. The summed E-state index contributed by atoms with van der Waals surface area (Å²) in [6.45, 7) is 0. The van der Waals surface area contributed by atoms with Crippen molar-refractivity contribution in [1.82, 2.24) is 9.97 Å². The molecule has 0 saturated carbocycles. The molecule has 0 fully saturated rings. The van der Waals surface area contributed by atoms with Crippen molar-refractivity contribution < 1.29 is 22.7 Å². The first kappa shape index (κ1) is 22.0. The summed E-state index contributed by atoms with van der Waals surface area (Å²) in [4.78, 5) is 20.7. The number of hydrogen-bond acceptors (Lipinski definition) is 5. The second-order valence-corrected chi connectivity index (χ2v) is 7.20. The lowest BCUT2D eigenvalue weighted by Crippen LogP contribution is -2.14. The predicted octanol–water partition coefficient (Wildman–Crippen LogP) is 6.22. The Morgan fingerprint density at radius 3 is 2.42 bits per heavy atom. The van der Waals surface area contributed by atoms with Gasteiger partial charge >= 0.3 is 6.18 Å². The summed E-state index contributed by atoms with van der Waals surface area (Å²) in [5.74, 6) is 0.194. The molecule has 4 rings (SSSR count). The number of amides is 1. The van der Waals surface area contributed by atoms with Crippen molar-refractivity contribution >= 4 is 34.2 Å². The third-order valence-corrected chi connectivity index (χ3v) is 4.84. The molecule has 1 N–H and O–H groups in total. The molecule has 0 atom stereocenters. The van der Waals surface area contributed by atoms with Crippen LogP contribution in [0.15, 0.2) is 66.9 Å². The molecule has 4 aromatic rings. The molecule has 0 aliphatic rings. The topological polar surface area (TPSA) is 87.9 Å². The highest BCUT2D eigenvalue weighted by molar-refractivity contribution is 6.31. The molecule has 0 radical (unpaired) electrons. The number of anilines is 1. The first-order chi connectivity index (χ1) is 15.7. The number of aromatic nitrogens is 2. The summed E-state index contributed by atoms with van der Waals surface area (Å²) in [7, 11) is 0. The van der Waals surface area contributed by atoms with Crippen LogP contribution in [0.4, 0.5) is 18.9 Å². The molecule has 0 bridgehead atoms. The normalized spacial score (nSPS) is 11.1. The summed E-state index contributed by atoms with van der Waals surface area (Å²) in [6, 6.07) is 16.2. The number of rotatable bonds is 4. The monoisotopic (exact) mass is 468 g/mol. The van der Waals surface area contributed by atoms with E-state index in [0.717, 1.165) is 6.07 Å². The second-order valence-electron chi connectivity index (χ2n) is 6.79. The van der Waals surface area contributed by atoms with Crippen LogP contribution in [0.25, 0.3) is 11.0 Å². The minimum absolute atomic E-state index is 0.180. The predicted molar refractivity (Wildman–Crippen MR) is 115 cm³/mol. The summed E-state index contributed by atoms with van der Waals surface area (Å²) in [5.41, 5.74) is 0.386. The maximum absolute atomic E-state index is 13.0. The SMILES string of the molecule is N#Cc1cnc2ccc(Oc3ccc(NC(=O)c4ccc(Cl)c(C(F)(F)F)c4)cc3)cc2n1. The number of nitriles is 1. The molecule has 0 saturated heterocycles. The molecule has 0 aliphatic carbocycles. The summed E-state index contributed by atoms with van der Waals surface area (Å²) >= 11 is 5.59. The molecule has 1 amide bonds. The van der Waals surface area contributed by atoms with E-state index in [0.29, 0.717) is 34.3 Å². The van der Waals surface area contributed by atoms with E-state index in [1.54, 1.807) is 42.5 Å². The zero-order chi connectivity index (χ0) is 23.6. The third-order valence-electron chi connectivity index (χ3n) is 4.51. The van der Waals surface area contributed by atoms with Crippen molar-refractivity contribution in [3.8, 4) is 17.6 Å². The fourth-order valence-corrected chi connectivity index (χ4v) is 3.16. The van der Waals surface area contributed by atoms with E-state index in [1.165, 1.54) is 12.3 Å². The van der Waals surface area contributed by atoms with Crippen LogP contribution in [0, 0.1) is 11.3 Å². The van der Waals surface area contributed by atoms with Crippen molar-refractivity contribution in [2.45, 2.75) is 6.18 Å². The number of nitrogens with one attached hydrogen (secondary N) is 1. The van der Waals surface area contributed by atoms with E-state index >= 15 is 0 Å². The highest BCUT2D eigenvalue weighted by atomic mass is 35.5. The third kappa shape index (κ3) is 5.02. The lowest BCUT2D eigenvalue weighted by atomic mass is 10.1. The van der Waals surface area contributed by atoms with Crippen LogP contribution in [-0.2, 0) is 6.18 Å². The van der Waals surface area contributed by atoms with Crippen molar-refractivity contribution in [3.63, 3.8) is 0 Å². The molecular formula is C23H12ClF3N4O2. The van der Waals surface area contributed by atoms with Crippen LogP contribution in [0.1, 0.15) is 21.6 Å². The van der Waals surface area contributed by atoms with Gasteiger partial charge in [-0.25, -0.2) is 4.98 Å². The first-order valence-electron chi connectivity index (χ1n) is 9.36. The molecule has 33 heavy (non-hydrogen) atoms. The zero-order valence-corrected chi connectivity index (χ0v) is 17.3. The van der Waals surface area contributed by atoms with Crippen LogP contribution >= 0.6 is 11.6 Å². The number of benzene rings is 3. The van der Waals surface area contributed by atoms with E-state index in [-0.39, 0.29) is 11.3 Å². The number of hydrogen-bond donors (Lipinski definition) is 1. The lowest BCUT2D eigenvalue weighted by molar-refractivity contribution is -0.137. The molecular weight excluding hydrogens is 457 g/mol. The average molecular weight is 469 g/mol. The van der Waals surface area contributed by atoms with Gasteiger partial charge in [-0.1, -0.05) is 11.6 Å². The van der Waals surface area contributed by atoms with Crippen LogP contribution in [0.2, 0.25) is 5.02 Å². The molecule has 0 spiro atoms. The fourth-order valence-electron chi connectivity index (χ4n) is 2.94. The Morgan fingerprint density at radius 1 is 1.00 bits per heavy atom. The van der Waals surface area contributed by atoms with E-state index in [2.05, 4.69) is 15.3 Å². The van der Waals surface area contributed by atoms with Crippen molar-refractivity contribution in [2.75, 3.05) is 5.32 Å². The van der Waals surface area contributed by atoms with Gasteiger partial charge in [-0.3, -0.25) is 9.78 Å². The number of fused-ring (bicyclic) bond motifs is 1. The summed E-state index contributed by atoms with van der Waals surface area (Å²) in [5, 5.41) is 11.0. The van der Waals surface area contributed by atoms with E-state index in [1.807, 2.05) is 6.07 Å². The molecule has 10 heteroatoms. The van der Waals surface area contributed by atoms with Gasteiger partial charge in [0.25, 0.3) is 5.91 Å². The molecule has 3 aromatic carbocycles. The van der Waals surface area contributed by atoms with E-state index in [9.17, 15) is 18.0 Å². The quantitative estimate of drug-likeness (QED) is 0.384. The molecule has 0 aliphatic heterocycles. The Bertz CT molecular complexity index is 1400. The summed E-state index contributed by atoms with van der Waals surface area (Å²) in [6.07, 6.45) is -3.29. The Labute approximate surface area is 190 Å². The van der Waals surface area contributed by atoms with Crippen molar-refractivity contribution in [3.05, 3.63) is 88.7 Å². The Balaban J connectivity index is 1.47. The van der Waals surface area contributed by atoms with Gasteiger partial charge in [-0.15, -0.1) is 0 Å². The maximum Gasteiger partial charge on any atom is 0.417 e. The Hall–Kier alpha value is -4.16. The smallest absolute Gasteiger partial charge is 0.417 e. The van der Waals surface area contributed by atoms with Crippen LogP contribution in [0.3, 0.4) is 0 Å². The van der Waals surface area contributed by atoms with Gasteiger partial charge in [-0.05, 0) is 54.6 Å². The highest BCUT2D eigenvalue weighted by Gasteiger charge is 2.33. The van der Waals surface area contributed by atoms with Crippen LogP contribution in [-0.4, -0.2) is 15.9 Å². The Kier molecular flexibility index (Phi) is 5.85. The van der Waals surface area contributed by atoms with Crippen molar-refractivity contribution in [1.29, 1.82) is 5.26 Å². The largest absolute Gasteiger partial charge is 0.457 e. The van der Waals surface area contributed by atoms with Crippen molar-refractivity contribution in [2.24, 2.45) is 0 Å². The van der Waals surface area contributed by atoms with Gasteiger partial charge in [0.15, 0.2) is 5.69 Å². The van der Waals surface area contributed by atoms with Crippen LogP contribution in [0.5, 0.6) is 11.5 Å². The lowest BCUT2D eigenvalue weighted by Gasteiger charge is -2.12.